The van der Waals surface area contributed by atoms with E-state index in [4.69, 9.17) is 11.3 Å². The minimum atomic E-state index is -2.47. The Hall–Kier alpha value is -3.43. The number of pyridine rings is 1. The highest BCUT2D eigenvalue weighted by Crippen LogP contribution is 2.38. The summed E-state index contributed by atoms with van der Waals surface area (Å²) in [4.78, 5) is 4.52. The first-order chi connectivity index (χ1) is 17.9. The van der Waals surface area contributed by atoms with E-state index in [9.17, 15) is 0 Å². The number of fused-ring (bicyclic) bond motifs is 6. The molecule has 0 saturated heterocycles. The first-order valence-corrected chi connectivity index (χ1v) is 14.6. The molecule has 162 valence electrons. The molecule has 0 spiro atoms. The molecule has 0 amide bonds. The zero-order valence-electron chi connectivity index (χ0n) is 23.9. The van der Waals surface area contributed by atoms with Gasteiger partial charge < -0.3 is 4.42 Å². The van der Waals surface area contributed by atoms with Crippen molar-refractivity contribution in [3.05, 3.63) is 90.1 Å². The third kappa shape index (κ3) is 3.44. The lowest BCUT2D eigenvalue weighted by Gasteiger charge is -2.18. The normalized spacial score (nSPS) is 15.4. The van der Waals surface area contributed by atoms with Crippen LogP contribution < -0.4 is 0 Å². The van der Waals surface area contributed by atoms with Crippen LogP contribution in [-0.4, -0.2) is 13.1 Å². The molecule has 0 N–H and O–H groups in total. The highest BCUT2D eigenvalue weighted by Gasteiger charge is 2.18. The smallest absolute Gasteiger partial charge is 0.144 e. The second-order valence-corrected chi connectivity index (χ2v) is 14.4. The molecule has 3 heteroatoms. The largest absolute Gasteiger partial charge is 0.455 e. The lowest BCUT2D eigenvalue weighted by atomic mass is 9.99. The van der Waals surface area contributed by atoms with E-state index in [-0.39, 0.29) is 11.1 Å². The number of aryl methyl sites for hydroxylation is 1. The predicted molar refractivity (Wildman–Crippen MR) is 144 cm³/mol. The molecule has 0 bridgehead atoms. The minimum Gasteiger partial charge on any atom is -0.455 e. The van der Waals surface area contributed by atoms with Crippen molar-refractivity contribution in [2.24, 2.45) is 0 Å². The molecule has 33 heavy (non-hydrogen) atoms. The molecule has 0 aliphatic rings. The van der Waals surface area contributed by atoms with Crippen LogP contribution in [0.5, 0.6) is 0 Å². The van der Waals surface area contributed by atoms with Gasteiger partial charge in [0, 0.05) is 37.5 Å². The number of furan rings is 1. The van der Waals surface area contributed by atoms with Crippen LogP contribution in [0.1, 0.15) is 18.0 Å². The summed E-state index contributed by atoms with van der Waals surface area (Å²) in [5, 5.41) is 6.48. The Labute approximate surface area is 201 Å². The fourth-order valence-electron chi connectivity index (χ4n) is 4.61. The number of nitrogens with zero attached hydrogens (tertiary/aromatic N) is 1. The lowest BCUT2D eigenvalue weighted by molar-refractivity contribution is 0.670. The number of hydrogen-bond acceptors (Lipinski definition) is 2. The number of rotatable bonds is 3. The van der Waals surface area contributed by atoms with Crippen LogP contribution in [0.4, 0.5) is 0 Å². The van der Waals surface area contributed by atoms with Gasteiger partial charge in [0.1, 0.15) is 11.2 Å². The molecular formula is C30H27NOSi. The molecule has 6 aromatic rings. The van der Waals surface area contributed by atoms with Gasteiger partial charge in [-0.1, -0.05) is 68.2 Å². The van der Waals surface area contributed by atoms with Crippen LogP contribution in [-0.2, 0) is 6.00 Å². The second-order valence-electron chi connectivity index (χ2n) is 9.63. The van der Waals surface area contributed by atoms with Gasteiger partial charge in [-0.15, -0.1) is 0 Å². The first-order valence-electron chi connectivity index (χ1n) is 13.6. The minimum absolute atomic E-state index is 0.0383. The van der Waals surface area contributed by atoms with Gasteiger partial charge in [0.15, 0.2) is 0 Å². The second kappa shape index (κ2) is 7.29. The van der Waals surface area contributed by atoms with Crippen molar-refractivity contribution < 1.29 is 11.3 Å². The van der Waals surface area contributed by atoms with Crippen molar-refractivity contribution in [2.75, 3.05) is 0 Å². The van der Waals surface area contributed by atoms with Crippen LogP contribution in [0.25, 0.3) is 54.7 Å². The molecule has 0 saturated carbocycles. The average Bonchev–Trinajstić information content (AvgIpc) is 3.23. The van der Waals surface area contributed by atoms with Gasteiger partial charge in [0.25, 0.3) is 0 Å². The number of hydrogen-bond donors (Lipinski definition) is 0. The molecular weight excluding hydrogens is 418 g/mol. The Balaban J connectivity index is 1.61. The van der Waals surface area contributed by atoms with Gasteiger partial charge >= 0.3 is 0 Å². The van der Waals surface area contributed by atoms with E-state index in [0.29, 0.717) is 16.8 Å². The molecule has 0 unspecified atom stereocenters. The van der Waals surface area contributed by atoms with E-state index in [1.807, 2.05) is 50.0 Å². The zero-order chi connectivity index (χ0) is 27.0. The fraction of sp³-hybridized carbons (Fsp3) is 0.167. The highest BCUT2D eigenvalue weighted by atomic mass is 28.3. The molecule has 2 nitrogen and oxygen atoms in total. The molecule has 0 aliphatic carbocycles. The fourth-order valence-corrected chi connectivity index (χ4v) is 5.63. The Morgan fingerprint density at radius 1 is 0.848 bits per heavy atom. The first kappa shape index (κ1) is 15.4. The Kier molecular flexibility index (Phi) is 3.41. The van der Waals surface area contributed by atoms with Crippen LogP contribution >= 0.6 is 0 Å². The van der Waals surface area contributed by atoms with Crippen LogP contribution in [0, 0.1) is 6.85 Å². The maximum Gasteiger partial charge on any atom is 0.144 e. The molecule has 0 aliphatic heterocycles. The van der Waals surface area contributed by atoms with Crippen molar-refractivity contribution in [3.63, 3.8) is 0 Å². The molecule has 2 aromatic heterocycles. The van der Waals surface area contributed by atoms with Gasteiger partial charge in [-0.25, -0.2) is 0 Å². The monoisotopic (exact) mass is 450 g/mol. The topological polar surface area (TPSA) is 26.0 Å². The third-order valence-electron chi connectivity index (χ3n) is 6.05. The summed E-state index contributed by atoms with van der Waals surface area (Å²) in [6, 6.07) is 24.2. The molecule has 2 heterocycles. The summed E-state index contributed by atoms with van der Waals surface area (Å²) in [5.41, 5.74) is 2.76. The van der Waals surface area contributed by atoms with E-state index in [0.717, 1.165) is 32.5 Å². The molecule has 0 fully saturated rings. The van der Waals surface area contributed by atoms with Crippen molar-refractivity contribution >= 4 is 51.6 Å². The lowest BCUT2D eigenvalue weighted by Crippen LogP contribution is -2.24. The van der Waals surface area contributed by atoms with E-state index in [2.05, 4.69) is 41.4 Å². The quantitative estimate of drug-likeness (QED) is 0.199. The summed E-state index contributed by atoms with van der Waals surface area (Å²) < 4.78 is 48.4. The summed E-state index contributed by atoms with van der Waals surface area (Å²) in [7, 11) is -2.46. The summed E-state index contributed by atoms with van der Waals surface area (Å²) >= 11 is 0. The number of para-hydroxylation sites is 1. The van der Waals surface area contributed by atoms with Crippen LogP contribution in [0.3, 0.4) is 0 Å². The summed E-state index contributed by atoms with van der Waals surface area (Å²) in [5.74, 6) is -1.77. The van der Waals surface area contributed by atoms with E-state index in [1.165, 1.54) is 11.6 Å². The van der Waals surface area contributed by atoms with Gasteiger partial charge in [-0.2, -0.15) is 0 Å². The van der Waals surface area contributed by atoms with Gasteiger partial charge in [0.05, 0.1) is 5.69 Å². The maximum atomic E-state index is 8.93. The molecule has 0 radical (unpaired) electrons. The van der Waals surface area contributed by atoms with Crippen LogP contribution in [0.15, 0.2) is 83.4 Å². The maximum absolute atomic E-state index is 8.93. The van der Waals surface area contributed by atoms with Crippen molar-refractivity contribution in [2.45, 2.75) is 32.5 Å². The predicted octanol–water partition coefficient (Wildman–Crippen LogP) is 8.68. The number of benzene rings is 4. The zero-order valence-corrected chi connectivity index (χ0v) is 19.9. The molecule has 6 rings (SSSR count). The average molecular weight is 451 g/mol. The van der Waals surface area contributed by atoms with E-state index >= 15 is 0 Å². The number of aromatic nitrogens is 1. The third-order valence-corrected chi connectivity index (χ3v) is 7.07. The van der Waals surface area contributed by atoms with Gasteiger partial charge in [-0.05, 0) is 69.8 Å². The van der Waals surface area contributed by atoms with Crippen molar-refractivity contribution in [1.29, 1.82) is 0 Å². The standard InChI is InChI=1S/C30H27NOSi/c1-19-17-31-28(15-22(19)18-33(2,3)4)25-11-7-10-24-27-14-21-13-12-20-8-5-6-9-23(20)26(21)16-29(27)32-30(24)25/h5-17H,18H2,1-4H3/i1D3,18D2. The molecule has 0 atom stereocenters. The Morgan fingerprint density at radius 3 is 2.52 bits per heavy atom. The summed E-state index contributed by atoms with van der Waals surface area (Å²) in [6.45, 7) is 3.25. The van der Waals surface area contributed by atoms with Gasteiger partial charge in [0.2, 0.25) is 0 Å². The molecule has 4 aromatic carbocycles. The van der Waals surface area contributed by atoms with E-state index in [1.54, 1.807) is 6.07 Å². The summed E-state index contributed by atoms with van der Waals surface area (Å²) in [6.07, 6.45) is 1.32. The van der Waals surface area contributed by atoms with Crippen molar-refractivity contribution in [3.8, 4) is 11.3 Å². The Bertz CT molecular complexity index is 1880. The van der Waals surface area contributed by atoms with Gasteiger partial charge in [-0.3, -0.25) is 4.98 Å². The Morgan fingerprint density at radius 2 is 1.67 bits per heavy atom. The highest BCUT2D eigenvalue weighted by molar-refractivity contribution is 6.75. The SMILES string of the molecule is [2H]C([2H])([2H])c1cnc(-c2cccc3c2oc2cc4c(ccc5ccccc54)cc23)cc1C([2H])([2H])[Si](C)(C)C. The van der Waals surface area contributed by atoms with Crippen LogP contribution in [0.2, 0.25) is 19.6 Å². The van der Waals surface area contributed by atoms with Crippen molar-refractivity contribution in [1.82, 2.24) is 4.98 Å². The van der Waals surface area contributed by atoms with E-state index < -0.39 is 20.9 Å².